The Morgan fingerprint density at radius 1 is 1.37 bits per heavy atom. The maximum absolute atomic E-state index is 12.3. The first-order chi connectivity index (χ1) is 8.82. The fourth-order valence-electron chi connectivity index (χ4n) is 2.45. The summed E-state index contributed by atoms with van der Waals surface area (Å²) in [6, 6.07) is 4.79. The van der Waals surface area contributed by atoms with Crippen LogP contribution in [-0.4, -0.2) is 15.0 Å². The van der Waals surface area contributed by atoms with Gasteiger partial charge in [-0.2, -0.15) is 0 Å². The van der Waals surface area contributed by atoms with Gasteiger partial charge in [0, 0.05) is 11.0 Å². The van der Waals surface area contributed by atoms with E-state index in [1.54, 1.807) is 12.1 Å². The maximum atomic E-state index is 12.3. The van der Waals surface area contributed by atoms with Crippen LogP contribution in [0, 0.1) is 5.41 Å². The number of benzene rings is 1. The van der Waals surface area contributed by atoms with Gasteiger partial charge in [-0.1, -0.05) is 47.3 Å². The lowest BCUT2D eigenvalue weighted by Gasteiger charge is -2.23. The first-order valence-corrected chi connectivity index (χ1v) is 8.93. The van der Waals surface area contributed by atoms with Gasteiger partial charge in [-0.05, 0) is 36.5 Å². The molecule has 2 rings (SSSR count). The van der Waals surface area contributed by atoms with Crippen LogP contribution in [0.2, 0.25) is 5.02 Å². The molecule has 0 unspecified atom stereocenters. The van der Waals surface area contributed by atoms with Crippen LogP contribution >= 0.6 is 27.5 Å². The molecule has 1 saturated carbocycles. The molecular formula is C13H17BrClNO2S. The Hall–Kier alpha value is -0.100. The van der Waals surface area contributed by atoms with Gasteiger partial charge in [-0.15, -0.1) is 0 Å². The molecule has 106 valence electrons. The zero-order valence-electron chi connectivity index (χ0n) is 10.7. The number of halogens is 2. The lowest BCUT2D eigenvalue weighted by atomic mass is 9.89. The van der Waals surface area contributed by atoms with Gasteiger partial charge in [0.1, 0.15) is 4.90 Å². The van der Waals surface area contributed by atoms with Gasteiger partial charge in [0.25, 0.3) is 0 Å². The van der Waals surface area contributed by atoms with Crippen molar-refractivity contribution >= 4 is 37.6 Å². The van der Waals surface area contributed by atoms with Crippen molar-refractivity contribution in [3.05, 3.63) is 27.7 Å². The summed E-state index contributed by atoms with van der Waals surface area (Å²) in [5.41, 5.74) is 0.0783. The Bertz CT molecular complexity index is 568. The van der Waals surface area contributed by atoms with E-state index < -0.39 is 10.0 Å². The summed E-state index contributed by atoms with van der Waals surface area (Å²) in [5, 5.41) is 0.235. The number of nitrogens with one attached hydrogen (secondary N) is 1. The lowest BCUT2D eigenvalue weighted by Crippen LogP contribution is -2.34. The molecule has 19 heavy (non-hydrogen) atoms. The van der Waals surface area contributed by atoms with E-state index in [1.807, 2.05) is 0 Å². The van der Waals surface area contributed by atoms with E-state index in [1.165, 1.54) is 18.9 Å². The van der Waals surface area contributed by atoms with Crippen molar-refractivity contribution in [3.8, 4) is 0 Å². The Morgan fingerprint density at radius 3 is 2.58 bits per heavy atom. The van der Waals surface area contributed by atoms with Crippen molar-refractivity contribution in [1.29, 1.82) is 0 Å². The van der Waals surface area contributed by atoms with Crippen molar-refractivity contribution in [2.45, 2.75) is 37.5 Å². The largest absolute Gasteiger partial charge is 0.242 e. The van der Waals surface area contributed by atoms with Gasteiger partial charge in [-0.3, -0.25) is 0 Å². The number of hydrogen-bond acceptors (Lipinski definition) is 2. The molecule has 0 aliphatic heterocycles. The normalized spacial score (nSPS) is 18.7. The van der Waals surface area contributed by atoms with E-state index >= 15 is 0 Å². The number of sulfonamides is 1. The van der Waals surface area contributed by atoms with Gasteiger partial charge < -0.3 is 0 Å². The highest BCUT2D eigenvalue weighted by Gasteiger charge is 2.30. The van der Waals surface area contributed by atoms with Crippen LogP contribution in [0.25, 0.3) is 0 Å². The molecule has 0 atom stereocenters. The highest BCUT2D eigenvalue weighted by Crippen LogP contribution is 2.37. The minimum absolute atomic E-state index is 0.0783. The molecule has 0 spiro atoms. The van der Waals surface area contributed by atoms with Crippen molar-refractivity contribution in [3.63, 3.8) is 0 Å². The summed E-state index contributed by atoms with van der Waals surface area (Å²) in [6.07, 6.45) is 4.50. The van der Waals surface area contributed by atoms with E-state index in [0.717, 1.165) is 17.3 Å². The van der Waals surface area contributed by atoms with Crippen LogP contribution < -0.4 is 4.72 Å². The highest BCUT2D eigenvalue weighted by molar-refractivity contribution is 9.10. The van der Waals surface area contributed by atoms with E-state index in [9.17, 15) is 8.42 Å². The third-order valence-electron chi connectivity index (χ3n) is 3.68. The summed E-state index contributed by atoms with van der Waals surface area (Å²) in [5.74, 6) is 0. The van der Waals surface area contributed by atoms with Crippen LogP contribution in [0.1, 0.15) is 32.6 Å². The second kappa shape index (κ2) is 5.72. The van der Waals surface area contributed by atoms with Crippen molar-refractivity contribution in [1.82, 2.24) is 4.72 Å². The topological polar surface area (TPSA) is 46.2 Å². The molecule has 1 aliphatic rings. The van der Waals surface area contributed by atoms with Crippen LogP contribution in [0.5, 0.6) is 0 Å². The minimum atomic E-state index is -3.54. The molecule has 1 aromatic rings. The number of rotatable bonds is 4. The van der Waals surface area contributed by atoms with Gasteiger partial charge in [0.2, 0.25) is 10.0 Å². The zero-order valence-corrected chi connectivity index (χ0v) is 13.9. The summed E-state index contributed by atoms with van der Waals surface area (Å²) < 4.78 is 28.0. The third kappa shape index (κ3) is 3.72. The van der Waals surface area contributed by atoms with E-state index in [4.69, 9.17) is 11.6 Å². The molecule has 0 heterocycles. The molecule has 3 nitrogen and oxygen atoms in total. The summed E-state index contributed by atoms with van der Waals surface area (Å²) in [4.78, 5) is 0.138. The molecule has 0 radical (unpaired) electrons. The molecule has 1 N–H and O–H groups in total. The fraction of sp³-hybridized carbons (Fsp3) is 0.538. The van der Waals surface area contributed by atoms with Crippen LogP contribution in [0.4, 0.5) is 0 Å². The molecule has 6 heteroatoms. The average Bonchev–Trinajstić information content (AvgIpc) is 2.74. The summed E-state index contributed by atoms with van der Waals surface area (Å²) >= 11 is 9.26. The third-order valence-corrected chi connectivity index (χ3v) is 6.06. The standard InChI is InChI=1S/C13H17BrClNO2S/c1-13(6-2-3-7-13)9-16-19(17,18)12-5-4-10(14)8-11(12)15/h4-5,8,16H,2-3,6-7,9H2,1H3. The predicted molar refractivity (Wildman–Crippen MR) is 80.9 cm³/mol. The SMILES string of the molecule is CC1(CNS(=O)(=O)c2ccc(Br)cc2Cl)CCCC1. The Kier molecular flexibility index (Phi) is 4.60. The Labute approximate surface area is 127 Å². The zero-order chi connectivity index (χ0) is 14.1. The van der Waals surface area contributed by atoms with Gasteiger partial charge in [-0.25, -0.2) is 13.1 Å². The maximum Gasteiger partial charge on any atom is 0.242 e. The lowest BCUT2D eigenvalue weighted by molar-refractivity contribution is 0.336. The van der Waals surface area contributed by atoms with E-state index in [0.29, 0.717) is 6.54 Å². The first-order valence-electron chi connectivity index (χ1n) is 6.27. The first kappa shape index (κ1) is 15.3. The summed E-state index contributed by atoms with van der Waals surface area (Å²) in [7, 11) is -3.54. The molecule has 0 bridgehead atoms. The van der Waals surface area contributed by atoms with Crippen LogP contribution in [0.3, 0.4) is 0 Å². The Morgan fingerprint density at radius 2 is 2.00 bits per heavy atom. The number of hydrogen-bond donors (Lipinski definition) is 1. The van der Waals surface area contributed by atoms with E-state index in [2.05, 4.69) is 27.6 Å². The van der Waals surface area contributed by atoms with Crippen LogP contribution in [-0.2, 0) is 10.0 Å². The van der Waals surface area contributed by atoms with Crippen molar-refractivity contribution < 1.29 is 8.42 Å². The summed E-state index contributed by atoms with van der Waals surface area (Å²) in [6.45, 7) is 2.60. The minimum Gasteiger partial charge on any atom is -0.211 e. The molecule has 1 aromatic carbocycles. The van der Waals surface area contributed by atoms with Gasteiger partial charge >= 0.3 is 0 Å². The van der Waals surface area contributed by atoms with E-state index in [-0.39, 0.29) is 15.3 Å². The monoisotopic (exact) mass is 365 g/mol. The quantitative estimate of drug-likeness (QED) is 0.876. The second-order valence-electron chi connectivity index (χ2n) is 5.42. The van der Waals surface area contributed by atoms with Crippen molar-refractivity contribution in [2.24, 2.45) is 5.41 Å². The molecule has 0 aromatic heterocycles. The highest BCUT2D eigenvalue weighted by atomic mass is 79.9. The fourth-order valence-corrected chi connectivity index (χ4v) is 4.68. The van der Waals surface area contributed by atoms with Crippen molar-refractivity contribution in [2.75, 3.05) is 6.54 Å². The molecule has 1 aliphatic carbocycles. The second-order valence-corrected chi connectivity index (χ2v) is 8.48. The molecule has 1 fully saturated rings. The molecule has 0 amide bonds. The van der Waals surface area contributed by atoms with Gasteiger partial charge in [0.05, 0.1) is 5.02 Å². The van der Waals surface area contributed by atoms with Crippen LogP contribution in [0.15, 0.2) is 27.6 Å². The Balaban J connectivity index is 2.14. The molecular weight excluding hydrogens is 350 g/mol. The predicted octanol–water partition coefficient (Wildman–Crippen LogP) is 3.96. The molecule has 0 saturated heterocycles. The van der Waals surface area contributed by atoms with Gasteiger partial charge in [0.15, 0.2) is 0 Å². The smallest absolute Gasteiger partial charge is 0.211 e. The average molecular weight is 367 g/mol.